The van der Waals surface area contributed by atoms with Gasteiger partial charge in [-0.05, 0) is 25.7 Å². The molecule has 3 aliphatic heterocycles. The van der Waals surface area contributed by atoms with Gasteiger partial charge < -0.3 is 23.7 Å². The fourth-order valence-electron chi connectivity index (χ4n) is 8.10. The molecule has 4 aliphatic rings. The maximum Gasteiger partial charge on any atom is 0.309 e. The third-order valence-electron chi connectivity index (χ3n) is 11.6. The number of hydrogen-bond donors (Lipinski definition) is 0. The Labute approximate surface area is 300 Å². The van der Waals surface area contributed by atoms with Crippen LogP contribution in [0.3, 0.4) is 0 Å². The first-order chi connectivity index (χ1) is 24.1. The number of carbonyl (C=O) groups is 2. The van der Waals surface area contributed by atoms with E-state index in [0.717, 1.165) is 25.7 Å². The molecule has 8 unspecified atom stereocenters. The van der Waals surface area contributed by atoms with Crippen LogP contribution in [0, 0.1) is 11.8 Å². The van der Waals surface area contributed by atoms with Gasteiger partial charge in [0.25, 0.3) is 0 Å². The number of hydrogen-bond acceptors (Lipinski definition) is 7. The van der Waals surface area contributed by atoms with Crippen LogP contribution < -0.4 is 0 Å². The van der Waals surface area contributed by atoms with Crippen LogP contribution in [0.2, 0.25) is 0 Å². The summed E-state index contributed by atoms with van der Waals surface area (Å²) in [7, 11) is 0. The van der Waals surface area contributed by atoms with Crippen molar-refractivity contribution in [2.24, 2.45) is 11.8 Å². The highest BCUT2D eigenvalue weighted by atomic mass is 16.6. The number of esters is 2. The van der Waals surface area contributed by atoms with Crippen molar-refractivity contribution in [3.63, 3.8) is 0 Å². The van der Waals surface area contributed by atoms with Gasteiger partial charge in [0.2, 0.25) is 0 Å². The van der Waals surface area contributed by atoms with E-state index >= 15 is 0 Å². The van der Waals surface area contributed by atoms with Gasteiger partial charge in [0.05, 0.1) is 61.7 Å². The van der Waals surface area contributed by atoms with Crippen LogP contribution in [0.4, 0.5) is 0 Å². The number of rotatable bonds is 32. The predicted molar refractivity (Wildman–Crippen MR) is 196 cm³/mol. The van der Waals surface area contributed by atoms with E-state index in [1.165, 1.54) is 141 Å². The fourth-order valence-corrected chi connectivity index (χ4v) is 8.10. The molecule has 8 atom stereocenters. The Morgan fingerprint density at radius 3 is 1.08 bits per heavy atom. The molecule has 0 spiro atoms. The molecule has 0 N–H and O–H groups in total. The molecule has 284 valence electrons. The van der Waals surface area contributed by atoms with Gasteiger partial charge in [0.15, 0.2) is 0 Å². The van der Waals surface area contributed by atoms with Gasteiger partial charge in [-0.3, -0.25) is 9.59 Å². The third-order valence-corrected chi connectivity index (χ3v) is 11.6. The summed E-state index contributed by atoms with van der Waals surface area (Å²) in [6.45, 7) is 5.25. The molecule has 0 aromatic heterocycles. The molecule has 49 heavy (non-hydrogen) atoms. The molecule has 4 fully saturated rings. The van der Waals surface area contributed by atoms with Crippen molar-refractivity contribution in [3.8, 4) is 0 Å². The Morgan fingerprint density at radius 1 is 0.429 bits per heavy atom. The highest BCUT2D eigenvalue weighted by Gasteiger charge is 2.54. The Balaban J connectivity index is 0.966. The lowest BCUT2D eigenvalue weighted by atomic mass is 9.79. The Kier molecular flexibility index (Phi) is 20.0. The molecule has 0 aromatic rings. The Bertz CT molecular complexity index is 824. The average molecular weight is 691 g/mol. The van der Waals surface area contributed by atoms with Crippen molar-refractivity contribution in [1.82, 2.24) is 0 Å². The van der Waals surface area contributed by atoms with Gasteiger partial charge in [-0.2, -0.15) is 0 Å². The summed E-state index contributed by atoms with van der Waals surface area (Å²) in [5.74, 6) is -1.52. The van der Waals surface area contributed by atoms with E-state index in [-0.39, 0.29) is 36.4 Å². The van der Waals surface area contributed by atoms with Crippen molar-refractivity contribution in [3.05, 3.63) is 0 Å². The van der Waals surface area contributed by atoms with Crippen LogP contribution in [-0.4, -0.2) is 61.8 Å². The monoisotopic (exact) mass is 691 g/mol. The van der Waals surface area contributed by atoms with Crippen LogP contribution in [0.5, 0.6) is 0 Å². The summed E-state index contributed by atoms with van der Waals surface area (Å²) >= 11 is 0. The standard InChI is InChI=1S/C42H74O7/c1-3-5-7-9-11-13-15-17-19-21-23-25-35-37(47-35)27-29-45-41(43)33-31-39-40(49-39)32-34(33)42(44)46-30-28-38-36(48-38)26-24-22-20-18-16-14-12-10-8-6-4-2/h33-40H,3-32H2,1-2H3. The molecule has 7 heteroatoms. The maximum absolute atomic E-state index is 13.1. The number of epoxide rings is 3. The minimum atomic E-state index is -0.477. The zero-order chi connectivity index (χ0) is 34.5. The zero-order valence-corrected chi connectivity index (χ0v) is 31.7. The zero-order valence-electron chi connectivity index (χ0n) is 31.7. The molecule has 0 bridgehead atoms. The van der Waals surface area contributed by atoms with Crippen LogP contribution >= 0.6 is 0 Å². The summed E-state index contributed by atoms with van der Waals surface area (Å²) in [5.41, 5.74) is 0. The number of unbranched alkanes of at least 4 members (excludes halogenated alkanes) is 20. The van der Waals surface area contributed by atoms with Gasteiger partial charge in [-0.15, -0.1) is 0 Å². The minimum Gasteiger partial charge on any atom is -0.465 e. The normalized spacial score (nSPS) is 28.2. The van der Waals surface area contributed by atoms with Crippen molar-refractivity contribution in [1.29, 1.82) is 0 Å². The molecule has 0 amide bonds. The number of fused-ring (bicyclic) bond motifs is 1. The summed E-state index contributed by atoms with van der Waals surface area (Å²) < 4.78 is 28.8. The summed E-state index contributed by atoms with van der Waals surface area (Å²) in [6.07, 6.45) is 35.8. The molecular weight excluding hydrogens is 616 g/mol. The quantitative estimate of drug-likeness (QED) is 0.0394. The van der Waals surface area contributed by atoms with Gasteiger partial charge in [-0.25, -0.2) is 0 Å². The largest absolute Gasteiger partial charge is 0.465 e. The SMILES string of the molecule is CCCCCCCCCCCCCC1OC1CCOC(=O)C1CC2OC2CC1C(=O)OCCC1OC1CCCCCCCCCCCCC. The highest BCUT2D eigenvalue weighted by molar-refractivity contribution is 5.82. The molecule has 1 aliphatic carbocycles. The van der Waals surface area contributed by atoms with Crippen molar-refractivity contribution in [2.75, 3.05) is 13.2 Å². The van der Waals surface area contributed by atoms with E-state index in [0.29, 0.717) is 38.3 Å². The lowest BCUT2D eigenvalue weighted by Gasteiger charge is -2.26. The van der Waals surface area contributed by atoms with Crippen LogP contribution in [0.15, 0.2) is 0 Å². The molecule has 1 saturated carbocycles. The molecule has 0 radical (unpaired) electrons. The summed E-state index contributed by atoms with van der Waals surface area (Å²) in [5, 5.41) is 0. The smallest absolute Gasteiger partial charge is 0.309 e. The lowest BCUT2D eigenvalue weighted by molar-refractivity contribution is -0.162. The number of ether oxygens (including phenoxy) is 5. The first-order valence-electron chi connectivity index (χ1n) is 21.4. The van der Waals surface area contributed by atoms with Gasteiger partial charge in [0, 0.05) is 12.8 Å². The van der Waals surface area contributed by atoms with E-state index in [1.54, 1.807) is 0 Å². The van der Waals surface area contributed by atoms with E-state index in [9.17, 15) is 9.59 Å². The molecule has 3 saturated heterocycles. The Hall–Kier alpha value is -1.18. The Morgan fingerprint density at radius 2 is 0.735 bits per heavy atom. The van der Waals surface area contributed by atoms with Gasteiger partial charge in [0.1, 0.15) is 0 Å². The fraction of sp³-hybridized carbons (Fsp3) is 0.952. The molecule has 7 nitrogen and oxygen atoms in total. The van der Waals surface area contributed by atoms with E-state index in [2.05, 4.69) is 13.8 Å². The second-order valence-electron chi connectivity index (χ2n) is 15.9. The molecule has 3 heterocycles. The topological polar surface area (TPSA) is 90.2 Å². The average Bonchev–Trinajstić information content (AvgIpc) is 4.02. The predicted octanol–water partition coefficient (Wildman–Crippen LogP) is 10.6. The van der Waals surface area contributed by atoms with Crippen LogP contribution in [-0.2, 0) is 33.3 Å². The number of carbonyl (C=O) groups excluding carboxylic acids is 2. The third kappa shape index (κ3) is 16.8. The molecule has 0 aromatic carbocycles. The summed E-state index contributed by atoms with van der Waals surface area (Å²) in [4.78, 5) is 26.2. The summed E-state index contributed by atoms with van der Waals surface area (Å²) in [6, 6.07) is 0. The second kappa shape index (κ2) is 24.1. The van der Waals surface area contributed by atoms with Gasteiger partial charge in [-0.1, -0.05) is 155 Å². The molecule has 4 rings (SSSR count). The first kappa shape index (κ1) is 40.6. The van der Waals surface area contributed by atoms with E-state index in [4.69, 9.17) is 23.7 Å². The second-order valence-corrected chi connectivity index (χ2v) is 15.9. The highest BCUT2D eigenvalue weighted by Crippen LogP contribution is 2.44. The van der Waals surface area contributed by atoms with Crippen molar-refractivity contribution < 1.29 is 33.3 Å². The van der Waals surface area contributed by atoms with Crippen molar-refractivity contribution in [2.45, 2.75) is 230 Å². The molecular formula is C42H74O7. The maximum atomic E-state index is 13.1. The van der Waals surface area contributed by atoms with Crippen LogP contribution in [0.1, 0.15) is 194 Å². The van der Waals surface area contributed by atoms with Crippen molar-refractivity contribution >= 4 is 11.9 Å². The van der Waals surface area contributed by atoms with E-state index < -0.39 is 11.8 Å². The minimum absolute atomic E-state index is 0.0831. The first-order valence-corrected chi connectivity index (χ1v) is 21.4. The lowest BCUT2D eigenvalue weighted by Crippen LogP contribution is -2.38. The van der Waals surface area contributed by atoms with Gasteiger partial charge >= 0.3 is 11.9 Å². The van der Waals surface area contributed by atoms with E-state index in [1.807, 2.05) is 0 Å². The van der Waals surface area contributed by atoms with Crippen LogP contribution in [0.25, 0.3) is 0 Å².